The fourth-order valence-corrected chi connectivity index (χ4v) is 2.89. The van der Waals surface area contributed by atoms with Crippen molar-refractivity contribution in [3.63, 3.8) is 0 Å². The molecule has 19 heavy (non-hydrogen) atoms. The van der Waals surface area contributed by atoms with Gasteiger partial charge in [-0.3, -0.25) is 0 Å². The van der Waals surface area contributed by atoms with Crippen molar-refractivity contribution >= 4 is 10.0 Å². The van der Waals surface area contributed by atoms with E-state index in [-0.39, 0.29) is 5.75 Å². The molecule has 0 aliphatic rings. The van der Waals surface area contributed by atoms with Crippen LogP contribution >= 0.6 is 0 Å². The lowest BCUT2D eigenvalue weighted by Crippen LogP contribution is -2.05. The largest absolute Gasteiger partial charge is 0.225 e. The van der Waals surface area contributed by atoms with Gasteiger partial charge in [0.15, 0.2) is 0 Å². The lowest BCUT2D eigenvalue weighted by Gasteiger charge is -2.02. The first-order valence-electron chi connectivity index (χ1n) is 8.03. The van der Waals surface area contributed by atoms with Crippen LogP contribution in [0.1, 0.15) is 90.4 Å². The monoisotopic (exact) mass is 290 g/mol. The van der Waals surface area contributed by atoms with E-state index in [1.165, 1.54) is 64.2 Å². The highest BCUT2D eigenvalue weighted by molar-refractivity contribution is 7.88. The summed E-state index contributed by atoms with van der Waals surface area (Å²) < 4.78 is 21.2. The molecule has 0 aliphatic carbocycles. The van der Waals surface area contributed by atoms with E-state index in [1.54, 1.807) is 0 Å². The number of hydrogen-bond acceptors (Lipinski definition) is 2. The molecule has 0 saturated heterocycles. The van der Waals surface area contributed by atoms with Crippen LogP contribution in [0.4, 0.5) is 0 Å². The zero-order valence-electron chi connectivity index (χ0n) is 12.6. The fraction of sp³-hybridized carbons (Fsp3) is 1.00. The third-order valence-corrected chi connectivity index (χ3v) is 4.34. The summed E-state index contributed by atoms with van der Waals surface area (Å²) in [5, 5.41) is 6.76. The van der Waals surface area contributed by atoms with E-state index in [0.717, 1.165) is 12.8 Å². The fourth-order valence-electron chi connectivity index (χ4n) is 2.31. The number of unbranched alkanes of at least 4 members (excludes halogenated alkanes) is 12. The van der Waals surface area contributed by atoms with E-state index in [1.807, 2.05) is 0 Å². The molecule has 1 N–H and O–H groups in total. The van der Waals surface area contributed by atoms with Crippen molar-refractivity contribution in [2.75, 3.05) is 5.75 Å². The van der Waals surface area contributed by atoms with Gasteiger partial charge in [-0.05, 0) is 6.42 Å². The van der Waals surface area contributed by atoms with Crippen molar-refractivity contribution in [3.8, 4) is 0 Å². The Balaban J connectivity index is 3.03. The molecular weight excluding hydrogens is 258 g/mol. The number of rotatable bonds is 14. The Bertz CT molecular complexity index is 276. The first kappa shape index (κ1) is 18.9. The lowest BCUT2D eigenvalue weighted by atomic mass is 10.1. The van der Waals surface area contributed by atoms with Crippen LogP contribution in [0.3, 0.4) is 0 Å². The van der Waals surface area contributed by atoms with Crippen LogP contribution in [0.2, 0.25) is 0 Å². The van der Waals surface area contributed by atoms with E-state index in [0.29, 0.717) is 6.42 Å². The van der Waals surface area contributed by atoms with Crippen molar-refractivity contribution in [1.29, 1.82) is 0 Å². The minimum absolute atomic E-state index is 0.0325. The molecule has 0 unspecified atom stereocenters. The SMILES string of the molecule is CCCCCCCCCCCCCCCS([NH])(=O)=O. The maximum atomic E-state index is 10.6. The summed E-state index contributed by atoms with van der Waals surface area (Å²) in [6, 6.07) is 0. The van der Waals surface area contributed by atoms with Gasteiger partial charge >= 0.3 is 0 Å². The van der Waals surface area contributed by atoms with Gasteiger partial charge in [-0.15, -0.1) is 5.14 Å². The van der Waals surface area contributed by atoms with Crippen LogP contribution in [0, 0.1) is 0 Å². The Kier molecular flexibility index (Phi) is 12.9. The van der Waals surface area contributed by atoms with E-state index in [4.69, 9.17) is 5.14 Å². The minimum Gasteiger partial charge on any atom is -0.211 e. The molecule has 0 bridgehead atoms. The Hall–Kier alpha value is -0.0900. The Morgan fingerprint density at radius 3 is 1.26 bits per heavy atom. The molecule has 0 heterocycles. The van der Waals surface area contributed by atoms with E-state index in [9.17, 15) is 8.42 Å². The Morgan fingerprint density at radius 1 is 0.632 bits per heavy atom. The molecule has 0 aromatic rings. The second kappa shape index (κ2) is 12.9. The van der Waals surface area contributed by atoms with Gasteiger partial charge in [-0.2, -0.15) is 0 Å². The highest BCUT2D eigenvalue weighted by Crippen LogP contribution is 2.12. The normalized spacial score (nSPS) is 11.9. The van der Waals surface area contributed by atoms with Gasteiger partial charge in [0.05, 0.1) is 5.75 Å². The quantitative estimate of drug-likeness (QED) is 0.436. The summed E-state index contributed by atoms with van der Waals surface area (Å²) >= 11 is 0. The second-order valence-electron chi connectivity index (χ2n) is 5.56. The first-order valence-corrected chi connectivity index (χ1v) is 9.69. The van der Waals surface area contributed by atoms with Crippen LogP contribution in [0.25, 0.3) is 0 Å². The zero-order valence-corrected chi connectivity index (χ0v) is 13.4. The van der Waals surface area contributed by atoms with Crippen molar-refractivity contribution in [2.45, 2.75) is 90.4 Å². The third kappa shape index (κ3) is 17.9. The predicted octanol–water partition coefficient (Wildman–Crippen LogP) is 4.69. The minimum atomic E-state index is -3.49. The summed E-state index contributed by atoms with van der Waals surface area (Å²) in [6.45, 7) is 2.25. The van der Waals surface area contributed by atoms with Gasteiger partial charge in [0, 0.05) is 0 Å². The molecule has 0 aromatic carbocycles. The Labute approximate surface area is 120 Å². The molecule has 0 aliphatic heterocycles. The summed E-state index contributed by atoms with van der Waals surface area (Å²) in [7, 11) is -3.49. The molecular formula is C15H32NO2S. The van der Waals surface area contributed by atoms with Crippen molar-refractivity contribution in [2.24, 2.45) is 0 Å². The van der Waals surface area contributed by atoms with Crippen molar-refractivity contribution in [3.05, 3.63) is 0 Å². The lowest BCUT2D eigenvalue weighted by molar-refractivity contribution is 0.541. The first-order chi connectivity index (χ1) is 9.06. The van der Waals surface area contributed by atoms with E-state index in [2.05, 4.69) is 6.92 Å². The molecule has 0 rings (SSSR count). The average Bonchev–Trinajstić information content (AvgIpc) is 2.34. The number of hydrogen-bond donors (Lipinski definition) is 0. The van der Waals surface area contributed by atoms with Gasteiger partial charge in [-0.25, -0.2) is 8.42 Å². The predicted molar refractivity (Wildman–Crippen MR) is 82.6 cm³/mol. The summed E-state index contributed by atoms with van der Waals surface area (Å²) in [5.74, 6) is 0.0325. The van der Waals surface area contributed by atoms with Crippen molar-refractivity contribution in [1.82, 2.24) is 5.14 Å². The summed E-state index contributed by atoms with van der Waals surface area (Å²) in [5.41, 5.74) is 0. The summed E-state index contributed by atoms with van der Waals surface area (Å²) in [6.07, 6.45) is 16.2. The van der Waals surface area contributed by atoms with Gasteiger partial charge in [0.2, 0.25) is 10.0 Å². The summed E-state index contributed by atoms with van der Waals surface area (Å²) in [4.78, 5) is 0. The third-order valence-electron chi connectivity index (χ3n) is 3.52. The maximum absolute atomic E-state index is 10.6. The highest BCUT2D eigenvalue weighted by Gasteiger charge is 2.02. The second-order valence-corrected chi connectivity index (χ2v) is 7.20. The number of nitrogens with one attached hydrogen (secondary N) is 1. The van der Waals surface area contributed by atoms with Gasteiger partial charge in [-0.1, -0.05) is 84.0 Å². The van der Waals surface area contributed by atoms with E-state index >= 15 is 0 Å². The van der Waals surface area contributed by atoms with Gasteiger partial charge in [0.25, 0.3) is 0 Å². The van der Waals surface area contributed by atoms with Crippen LogP contribution in [-0.4, -0.2) is 14.2 Å². The molecule has 3 nitrogen and oxygen atoms in total. The Morgan fingerprint density at radius 2 is 0.947 bits per heavy atom. The topological polar surface area (TPSA) is 57.9 Å². The standard InChI is InChI=1S/C15H32NO2S/c1-2-3-4-5-6-7-8-9-10-11-12-13-14-15-19(16,17)18/h16H,2-15H2,1H3. The van der Waals surface area contributed by atoms with Crippen LogP contribution < -0.4 is 5.14 Å². The molecule has 115 valence electrons. The van der Waals surface area contributed by atoms with Gasteiger partial charge in [0.1, 0.15) is 0 Å². The zero-order chi connectivity index (χ0) is 14.4. The maximum Gasteiger partial charge on any atom is 0.225 e. The molecule has 4 heteroatoms. The highest BCUT2D eigenvalue weighted by atomic mass is 32.2. The molecule has 0 atom stereocenters. The smallest absolute Gasteiger partial charge is 0.211 e. The van der Waals surface area contributed by atoms with E-state index < -0.39 is 10.0 Å². The molecule has 0 spiro atoms. The number of sulfonamides is 1. The van der Waals surface area contributed by atoms with Crippen LogP contribution in [0.5, 0.6) is 0 Å². The van der Waals surface area contributed by atoms with Gasteiger partial charge < -0.3 is 0 Å². The molecule has 1 radical (unpaired) electrons. The molecule has 0 fully saturated rings. The molecule has 0 amide bonds. The molecule has 0 aromatic heterocycles. The van der Waals surface area contributed by atoms with Crippen molar-refractivity contribution < 1.29 is 8.42 Å². The average molecular weight is 290 g/mol. The molecule has 0 saturated carbocycles. The van der Waals surface area contributed by atoms with Crippen LogP contribution in [-0.2, 0) is 10.0 Å². The van der Waals surface area contributed by atoms with Crippen LogP contribution in [0.15, 0.2) is 0 Å².